The van der Waals surface area contributed by atoms with Crippen LogP contribution in [0.2, 0.25) is 0 Å². The number of rotatable bonds is 5. The number of amides is 3. The van der Waals surface area contributed by atoms with Gasteiger partial charge in [0.05, 0.1) is 17.8 Å². The molecule has 202 valence electrons. The minimum absolute atomic E-state index is 0.0468. The van der Waals surface area contributed by atoms with Crippen LogP contribution in [0.4, 0.5) is 13.2 Å². The number of nitriles is 1. The fraction of sp³-hybridized carbons (Fsp3) is 0.538. The van der Waals surface area contributed by atoms with Crippen LogP contribution in [-0.2, 0) is 14.4 Å². The number of nitrogens with one attached hydrogen (secondary N) is 2. The lowest BCUT2D eigenvalue weighted by Crippen LogP contribution is -2.60. The minimum Gasteiger partial charge on any atom is -0.336 e. The third-order valence-electron chi connectivity index (χ3n) is 7.72. The number of fused-ring (bicyclic) bond motifs is 2. The third-order valence-corrected chi connectivity index (χ3v) is 7.72. The topological polar surface area (TPSA) is 128 Å². The molecule has 1 aromatic heterocycles. The highest BCUT2D eigenvalue weighted by atomic mass is 19.4. The van der Waals surface area contributed by atoms with Crippen molar-refractivity contribution in [1.29, 1.82) is 5.26 Å². The Bertz CT molecular complexity index is 1320. The number of alkyl halides is 3. The first-order valence-corrected chi connectivity index (χ1v) is 12.2. The van der Waals surface area contributed by atoms with Crippen molar-refractivity contribution in [2.45, 2.75) is 58.9 Å². The van der Waals surface area contributed by atoms with Gasteiger partial charge in [-0.05, 0) is 40.4 Å². The van der Waals surface area contributed by atoms with Crippen LogP contribution in [0, 0.1) is 34.0 Å². The van der Waals surface area contributed by atoms with Gasteiger partial charge in [-0.1, -0.05) is 46.8 Å². The van der Waals surface area contributed by atoms with Crippen LogP contribution in [0.15, 0.2) is 30.5 Å². The number of nitrogens with zero attached hydrogens (tertiary/aromatic N) is 4. The molecule has 38 heavy (non-hydrogen) atoms. The zero-order chi connectivity index (χ0) is 28.2. The van der Waals surface area contributed by atoms with E-state index in [1.165, 1.54) is 31.9 Å². The number of hydrogen-bond donors (Lipinski definition) is 2. The maximum Gasteiger partial charge on any atom is 0.471 e. The molecule has 2 aromatic rings. The Balaban J connectivity index is 1.63. The van der Waals surface area contributed by atoms with Gasteiger partial charge in [0.15, 0.2) is 0 Å². The lowest BCUT2D eigenvalue weighted by atomic mass is 9.85. The Kier molecular flexibility index (Phi) is 6.62. The van der Waals surface area contributed by atoms with E-state index in [0.29, 0.717) is 16.5 Å². The maximum absolute atomic E-state index is 13.7. The summed E-state index contributed by atoms with van der Waals surface area (Å²) in [6.45, 7) is 8.69. The fourth-order valence-electron chi connectivity index (χ4n) is 5.54. The van der Waals surface area contributed by atoms with Crippen LogP contribution in [0.5, 0.6) is 0 Å². The van der Waals surface area contributed by atoms with Crippen molar-refractivity contribution in [2.75, 3.05) is 6.54 Å². The molecule has 2 aliphatic rings. The van der Waals surface area contributed by atoms with Crippen LogP contribution in [0.3, 0.4) is 0 Å². The zero-order valence-electron chi connectivity index (χ0n) is 21.6. The lowest BCUT2D eigenvalue weighted by Gasteiger charge is -2.37. The summed E-state index contributed by atoms with van der Waals surface area (Å²) in [5.74, 6) is -3.87. The van der Waals surface area contributed by atoms with Crippen LogP contribution >= 0.6 is 0 Å². The molecule has 4 rings (SSSR count). The Morgan fingerprint density at radius 1 is 1.16 bits per heavy atom. The SMILES string of the molecule is CC(C)(C)[C@H](NC(=O)C(F)(F)F)C(=O)N1C[C@H]2[C@@H]([C@H]1C(=O)NC(C#N)c1cccc3nnccc13)C2(C)C. The van der Waals surface area contributed by atoms with Crippen molar-refractivity contribution < 1.29 is 27.6 Å². The highest BCUT2D eigenvalue weighted by molar-refractivity contribution is 5.95. The molecular formula is C26H29F3N6O3. The average Bonchev–Trinajstić information content (AvgIpc) is 3.16. The molecule has 2 fully saturated rings. The summed E-state index contributed by atoms with van der Waals surface area (Å²) < 4.78 is 39.1. The molecule has 9 nitrogen and oxygen atoms in total. The molecule has 1 saturated heterocycles. The van der Waals surface area contributed by atoms with E-state index < -0.39 is 47.4 Å². The van der Waals surface area contributed by atoms with Gasteiger partial charge in [-0.2, -0.15) is 28.6 Å². The molecule has 0 radical (unpaired) electrons. The first kappa shape index (κ1) is 27.3. The van der Waals surface area contributed by atoms with Crippen LogP contribution in [-0.4, -0.2) is 57.6 Å². The number of halogens is 3. The second-order valence-corrected chi connectivity index (χ2v) is 11.5. The van der Waals surface area contributed by atoms with E-state index in [1.54, 1.807) is 24.3 Å². The molecule has 1 aliphatic heterocycles. The van der Waals surface area contributed by atoms with Gasteiger partial charge >= 0.3 is 12.1 Å². The van der Waals surface area contributed by atoms with E-state index in [-0.39, 0.29) is 23.8 Å². The van der Waals surface area contributed by atoms with Gasteiger partial charge in [-0.15, -0.1) is 0 Å². The molecule has 1 saturated carbocycles. The van der Waals surface area contributed by atoms with Crippen molar-refractivity contribution in [3.05, 3.63) is 36.0 Å². The summed E-state index contributed by atoms with van der Waals surface area (Å²) in [5, 5.41) is 23.0. The molecule has 0 bridgehead atoms. The van der Waals surface area contributed by atoms with Gasteiger partial charge in [-0.25, -0.2) is 0 Å². The molecule has 3 amide bonds. The molecule has 1 aromatic carbocycles. The normalized spacial score (nSPS) is 23.7. The molecule has 2 N–H and O–H groups in total. The van der Waals surface area contributed by atoms with E-state index in [1.807, 2.05) is 19.2 Å². The van der Waals surface area contributed by atoms with E-state index in [0.717, 1.165) is 0 Å². The summed E-state index contributed by atoms with van der Waals surface area (Å²) in [6.07, 6.45) is -3.70. The summed E-state index contributed by atoms with van der Waals surface area (Å²) in [5.41, 5.74) is -0.308. The van der Waals surface area contributed by atoms with E-state index in [4.69, 9.17) is 0 Å². The Labute approximate surface area is 217 Å². The smallest absolute Gasteiger partial charge is 0.336 e. The van der Waals surface area contributed by atoms with Crippen molar-refractivity contribution >= 4 is 28.6 Å². The monoisotopic (exact) mass is 530 g/mol. The van der Waals surface area contributed by atoms with Crippen molar-refractivity contribution in [3.8, 4) is 6.07 Å². The maximum atomic E-state index is 13.7. The van der Waals surface area contributed by atoms with Crippen molar-refractivity contribution in [2.24, 2.45) is 22.7 Å². The molecule has 0 spiro atoms. The predicted octanol–water partition coefficient (Wildman–Crippen LogP) is 2.89. The number of carbonyl (C=O) groups excluding carboxylic acids is 3. The number of carbonyl (C=O) groups is 3. The second-order valence-electron chi connectivity index (χ2n) is 11.5. The van der Waals surface area contributed by atoms with Gasteiger partial charge in [-0.3, -0.25) is 14.4 Å². The Hall–Kier alpha value is -3.75. The second kappa shape index (κ2) is 9.22. The molecule has 5 atom stereocenters. The summed E-state index contributed by atoms with van der Waals surface area (Å²) in [6, 6.07) is 5.25. The van der Waals surface area contributed by atoms with E-state index in [9.17, 15) is 32.8 Å². The van der Waals surface area contributed by atoms with Crippen molar-refractivity contribution in [3.63, 3.8) is 0 Å². The van der Waals surface area contributed by atoms with Gasteiger partial charge in [0, 0.05) is 11.9 Å². The van der Waals surface area contributed by atoms with E-state index >= 15 is 0 Å². The standard InChI is InChI=1S/C26H29F3N6O3/c1-24(2,3)20(33-23(38)26(27,28)29)22(37)35-12-15-18(25(15,4)5)19(35)21(36)32-17(11-30)13-7-6-8-16-14(13)9-10-31-34-16/h6-10,15,17-20H,12H2,1-5H3,(H,32,36)(H,33,38)/t15-,17?,18-,19-,20+/m0/s1. The van der Waals surface area contributed by atoms with Gasteiger partial charge in [0.2, 0.25) is 11.8 Å². The first-order chi connectivity index (χ1) is 17.6. The fourth-order valence-corrected chi connectivity index (χ4v) is 5.54. The molecule has 2 heterocycles. The Morgan fingerprint density at radius 2 is 1.84 bits per heavy atom. The number of benzene rings is 1. The first-order valence-electron chi connectivity index (χ1n) is 12.2. The number of hydrogen-bond acceptors (Lipinski definition) is 6. The minimum atomic E-state index is -5.17. The predicted molar refractivity (Wildman–Crippen MR) is 130 cm³/mol. The summed E-state index contributed by atoms with van der Waals surface area (Å²) in [7, 11) is 0. The number of aromatic nitrogens is 2. The van der Waals surface area contributed by atoms with Gasteiger partial charge in [0.1, 0.15) is 18.1 Å². The highest BCUT2D eigenvalue weighted by Gasteiger charge is 2.70. The molecule has 12 heteroatoms. The van der Waals surface area contributed by atoms with Crippen LogP contribution < -0.4 is 10.6 Å². The van der Waals surface area contributed by atoms with Crippen LogP contribution in [0.1, 0.15) is 46.2 Å². The van der Waals surface area contributed by atoms with Crippen molar-refractivity contribution in [1.82, 2.24) is 25.7 Å². The molecular weight excluding hydrogens is 501 g/mol. The average molecular weight is 531 g/mol. The summed E-state index contributed by atoms with van der Waals surface area (Å²) in [4.78, 5) is 40.3. The Morgan fingerprint density at radius 3 is 2.45 bits per heavy atom. The van der Waals surface area contributed by atoms with E-state index in [2.05, 4.69) is 21.6 Å². The number of likely N-dealkylation sites (tertiary alicyclic amines) is 1. The van der Waals surface area contributed by atoms with Gasteiger partial charge < -0.3 is 15.5 Å². The van der Waals surface area contributed by atoms with Crippen LogP contribution in [0.25, 0.3) is 10.9 Å². The van der Waals surface area contributed by atoms with Gasteiger partial charge in [0.25, 0.3) is 0 Å². The third kappa shape index (κ3) is 4.77. The highest BCUT2D eigenvalue weighted by Crippen LogP contribution is 2.65. The zero-order valence-corrected chi connectivity index (χ0v) is 21.6. The quantitative estimate of drug-likeness (QED) is 0.612. The number of piperidine rings is 1. The summed E-state index contributed by atoms with van der Waals surface area (Å²) >= 11 is 0. The lowest BCUT2D eigenvalue weighted by molar-refractivity contribution is -0.176. The largest absolute Gasteiger partial charge is 0.471 e. The molecule has 1 aliphatic carbocycles. The molecule has 1 unspecified atom stereocenters.